The molecular weight excluding hydrogens is 192 g/mol. The minimum atomic E-state index is -0.116. The molecule has 0 aromatic carbocycles. The van der Waals surface area contributed by atoms with Gasteiger partial charge < -0.3 is 4.98 Å². The maximum Gasteiger partial charge on any atom is 0.277 e. The summed E-state index contributed by atoms with van der Waals surface area (Å²) in [5, 5.41) is 4.27. The number of rotatable bonds is 2. The van der Waals surface area contributed by atoms with Gasteiger partial charge >= 0.3 is 0 Å². The van der Waals surface area contributed by atoms with Crippen LogP contribution in [0.2, 0.25) is 0 Å². The van der Waals surface area contributed by atoms with Gasteiger partial charge in [-0.25, -0.2) is 9.50 Å². The van der Waals surface area contributed by atoms with Gasteiger partial charge in [0.1, 0.15) is 11.6 Å². The molecule has 0 radical (unpaired) electrons. The second kappa shape index (κ2) is 3.49. The number of nitrogens with zero attached hydrogens (tertiary/aromatic N) is 3. The number of hydrogen-bond donors (Lipinski definition) is 1. The molecule has 2 rings (SSSR count). The predicted molar refractivity (Wildman–Crippen MR) is 57.1 cm³/mol. The third kappa shape index (κ3) is 1.54. The van der Waals surface area contributed by atoms with Gasteiger partial charge in [-0.3, -0.25) is 4.79 Å². The van der Waals surface area contributed by atoms with Crippen molar-refractivity contribution in [2.24, 2.45) is 0 Å². The highest BCUT2D eigenvalue weighted by molar-refractivity contribution is 5.49. The Morgan fingerprint density at radius 2 is 2.13 bits per heavy atom. The van der Waals surface area contributed by atoms with Crippen molar-refractivity contribution < 1.29 is 0 Å². The van der Waals surface area contributed by atoms with Gasteiger partial charge in [0, 0.05) is 6.42 Å². The number of aryl methyl sites for hydroxylation is 3. The Morgan fingerprint density at radius 1 is 1.40 bits per heavy atom. The highest BCUT2D eigenvalue weighted by Crippen LogP contribution is 2.08. The minimum absolute atomic E-state index is 0.116. The lowest BCUT2D eigenvalue weighted by molar-refractivity contribution is 0.746. The summed E-state index contributed by atoms with van der Waals surface area (Å²) in [4.78, 5) is 18.7. The van der Waals surface area contributed by atoms with Crippen LogP contribution in [0.15, 0.2) is 4.79 Å². The van der Waals surface area contributed by atoms with Crippen LogP contribution in [-0.4, -0.2) is 19.6 Å². The molecule has 0 saturated carbocycles. The summed E-state index contributed by atoms with van der Waals surface area (Å²) in [7, 11) is 0. The molecule has 0 fully saturated rings. The molecule has 0 saturated heterocycles. The fraction of sp³-hybridized carbons (Fsp3) is 0.500. The average molecular weight is 206 g/mol. The van der Waals surface area contributed by atoms with E-state index in [9.17, 15) is 4.79 Å². The van der Waals surface area contributed by atoms with E-state index in [4.69, 9.17) is 0 Å². The number of aromatic amines is 1. The minimum Gasteiger partial charge on any atom is -0.307 e. The van der Waals surface area contributed by atoms with Crippen LogP contribution in [0, 0.1) is 13.8 Å². The van der Waals surface area contributed by atoms with E-state index in [0.29, 0.717) is 11.3 Å². The maximum atomic E-state index is 11.7. The van der Waals surface area contributed by atoms with Gasteiger partial charge in [0.25, 0.3) is 5.56 Å². The van der Waals surface area contributed by atoms with Gasteiger partial charge in [-0.15, -0.1) is 0 Å². The van der Waals surface area contributed by atoms with Crippen molar-refractivity contribution in [1.29, 1.82) is 0 Å². The van der Waals surface area contributed by atoms with E-state index < -0.39 is 0 Å². The molecule has 0 bridgehead atoms. The maximum absolute atomic E-state index is 11.7. The summed E-state index contributed by atoms with van der Waals surface area (Å²) in [5.74, 6) is 1.47. The van der Waals surface area contributed by atoms with Gasteiger partial charge in [0.15, 0.2) is 5.52 Å². The monoisotopic (exact) mass is 206 g/mol. The van der Waals surface area contributed by atoms with Crippen molar-refractivity contribution >= 4 is 5.52 Å². The number of hydrogen-bond acceptors (Lipinski definition) is 3. The first-order valence-electron chi connectivity index (χ1n) is 5.08. The molecule has 2 heterocycles. The van der Waals surface area contributed by atoms with E-state index in [-0.39, 0.29) is 5.56 Å². The van der Waals surface area contributed by atoms with Crippen LogP contribution in [0.3, 0.4) is 0 Å². The predicted octanol–water partition coefficient (Wildman–Crippen LogP) is 0.987. The van der Waals surface area contributed by atoms with Crippen LogP contribution in [0.5, 0.6) is 0 Å². The molecule has 0 unspecified atom stereocenters. The van der Waals surface area contributed by atoms with Crippen molar-refractivity contribution in [3.8, 4) is 0 Å². The van der Waals surface area contributed by atoms with Crippen LogP contribution in [0.25, 0.3) is 5.52 Å². The Balaban J connectivity index is 2.81. The third-order valence-corrected chi connectivity index (χ3v) is 2.33. The fourth-order valence-corrected chi connectivity index (χ4v) is 1.73. The zero-order chi connectivity index (χ0) is 11.0. The second-order valence-electron chi connectivity index (χ2n) is 3.66. The van der Waals surface area contributed by atoms with Gasteiger partial charge in [0.05, 0.1) is 5.69 Å². The molecule has 15 heavy (non-hydrogen) atoms. The van der Waals surface area contributed by atoms with Crippen molar-refractivity contribution in [3.63, 3.8) is 0 Å². The lowest BCUT2D eigenvalue weighted by Crippen LogP contribution is -2.15. The third-order valence-electron chi connectivity index (χ3n) is 2.33. The summed E-state index contributed by atoms with van der Waals surface area (Å²) in [6, 6.07) is 0. The lowest BCUT2D eigenvalue weighted by atomic mass is 10.3. The molecule has 1 N–H and O–H groups in total. The Labute approximate surface area is 87.2 Å². The van der Waals surface area contributed by atoms with Crippen molar-refractivity contribution in [2.45, 2.75) is 33.6 Å². The van der Waals surface area contributed by atoms with Crippen molar-refractivity contribution in [3.05, 3.63) is 27.7 Å². The van der Waals surface area contributed by atoms with E-state index in [1.807, 2.05) is 6.92 Å². The molecule has 0 atom stereocenters. The summed E-state index contributed by atoms with van der Waals surface area (Å²) in [6.45, 7) is 5.68. The van der Waals surface area contributed by atoms with E-state index >= 15 is 0 Å². The van der Waals surface area contributed by atoms with E-state index in [1.165, 1.54) is 0 Å². The van der Waals surface area contributed by atoms with Crippen LogP contribution < -0.4 is 5.56 Å². The molecule has 0 spiro atoms. The smallest absolute Gasteiger partial charge is 0.277 e. The molecule has 0 amide bonds. The van der Waals surface area contributed by atoms with Crippen molar-refractivity contribution in [1.82, 2.24) is 19.6 Å². The average Bonchev–Trinajstić information content (AvgIpc) is 2.43. The topological polar surface area (TPSA) is 63.0 Å². The normalized spacial score (nSPS) is 11.1. The summed E-state index contributed by atoms with van der Waals surface area (Å²) in [5.41, 5.74) is 1.19. The van der Waals surface area contributed by atoms with E-state index in [0.717, 1.165) is 24.4 Å². The van der Waals surface area contributed by atoms with E-state index in [1.54, 1.807) is 11.4 Å². The number of aromatic nitrogens is 4. The SMILES string of the molecule is CCCc1nc(C)c2c(=O)[nH]c(C)nn12. The molecule has 80 valence electrons. The lowest BCUT2D eigenvalue weighted by Gasteiger charge is -1.98. The Morgan fingerprint density at radius 3 is 2.80 bits per heavy atom. The standard InChI is InChI=1S/C10H14N4O/c1-4-5-8-11-6(2)9-10(15)12-7(3)13-14(8)9/h4-5H2,1-3H3,(H,12,13,15). The summed E-state index contributed by atoms with van der Waals surface area (Å²) >= 11 is 0. The number of fused-ring (bicyclic) bond motifs is 1. The van der Waals surface area contributed by atoms with E-state index in [2.05, 4.69) is 22.0 Å². The molecule has 0 aliphatic rings. The van der Waals surface area contributed by atoms with Crippen molar-refractivity contribution in [2.75, 3.05) is 0 Å². The molecule has 0 aliphatic heterocycles. The number of imidazole rings is 1. The van der Waals surface area contributed by atoms with Crippen LogP contribution in [0.1, 0.15) is 30.7 Å². The quantitative estimate of drug-likeness (QED) is 0.796. The molecule has 2 aromatic heterocycles. The highest BCUT2D eigenvalue weighted by atomic mass is 16.1. The molecule has 5 nitrogen and oxygen atoms in total. The van der Waals surface area contributed by atoms with Gasteiger partial charge in [-0.2, -0.15) is 5.10 Å². The molecule has 2 aromatic rings. The first-order chi connectivity index (χ1) is 7.13. The molecular formula is C10H14N4O. The molecule has 5 heteroatoms. The summed E-state index contributed by atoms with van der Waals surface area (Å²) in [6.07, 6.45) is 1.83. The zero-order valence-electron chi connectivity index (χ0n) is 9.16. The Hall–Kier alpha value is -1.65. The second-order valence-corrected chi connectivity index (χ2v) is 3.66. The first kappa shape index (κ1) is 9.89. The fourth-order valence-electron chi connectivity index (χ4n) is 1.73. The Kier molecular flexibility index (Phi) is 2.30. The number of H-pyrrole nitrogens is 1. The molecule has 0 aliphatic carbocycles. The number of nitrogens with one attached hydrogen (secondary N) is 1. The first-order valence-corrected chi connectivity index (χ1v) is 5.08. The van der Waals surface area contributed by atoms with Gasteiger partial charge in [-0.1, -0.05) is 6.92 Å². The van der Waals surface area contributed by atoms with Crippen LogP contribution >= 0.6 is 0 Å². The van der Waals surface area contributed by atoms with Crippen LogP contribution in [-0.2, 0) is 6.42 Å². The highest BCUT2D eigenvalue weighted by Gasteiger charge is 2.11. The van der Waals surface area contributed by atoms with Crippen LogP contribution in [0.4, 0.5) is 0 Å². The largest absolute Gasteiger partial charge is 0.307 e. The Bertz CT molecular complexity index is 552. The van der Waals surface area contributed by atoms with Gasteiger partial charge in [0.2, 0.25) is 0 Å². The summed E-state index contributed by atoms with van der Waals surface area (Å²) < 4.78 is 1.66. The van der Waals surface area contributed by atoms with Gasteiger partial charge in [-0.05, 0) is 20.3 Å². The zero-order valence-corrected chi connectivity index (χ0v) is 9.16.